The minimum absolute atomic E-state index is 0. The molecule has 0 unspecified atom stereocenters. The number of pyridine rings is 1. The molecular weight excluding hydrogens is 430 g/mol. The number of likely N-dealkylation sites (tertiary alicyclic amines) is 1. The first-order valence-electron chi connectivity index (χ1n) is 9.04. The van der Waals surface area contributed by atoms with Crippen molar-refractivity contribution in [2.45, 2.75) is 50.6 Å². The highest BCUT2D eigenvalue weighted by atomic mass is 35.5. The number of amides is 1. The third kappa shape index (κ3) is 6.46. The summed E-state index contributed by atoms with van der Waals surface area (Å²) >= 11 is 6.27. The molecule has 1 aliphatic carbocycles. The zero-order valence-corrected chi connectivity index (χ0v) is 17.8. The molecule has 2 aliphatic rings. The van der Waals surface area contributed by atoms with E-state index in [0.29, 0.717) is 22.4 Å². The quantitative estimate of drug-likeness (QED) is 0.352. The van der Waals surface area contributed by atoms with Gasteiger partial charge in [-0.2, -0.15) is 0 Å². The van der Waals surface area contributed by atoms with Gasteiger partial charge >= 0.3 is 5.91 Å². The van der Waals surface area contributed by atoms with Crippen molar-refractivity contribution in [1.82, 2.24) is 15.4 Å². The number of hydrogen-bond donors (Lipinski definition) is 3. The molecule has 1 saturated heterocycles. The molecule has 1 aromatic heterocycles. The molecule has 1 aliphatic heterocycles. The first kappa shape index (κ1) is 24.9. The summed E-state index contributed by atoms with van der Waals surface area (Å²) in [5.74, 6) is -1.77. The van der Waals surface area contributed by atoms with Crippen LogP contribution in [0.4, 0.5) is 10.2 Å². The molecule has 0 radical (unpaired) electrons. The Morgan fingerprint density at radius 1 is 1.29 bits per heavy atom. The third-order valence-corrected chi connectivity index (χ3v) is 5.40. The Kier molecular flexibility index (Phi) is 10.5. The minimum atomic E-state index is -1.21. The van der Waals surface area contributed by atoms with Gasteiger partial charge in [-0.05, 0) is 49.9 Å². The maximum Gasteiger partial charge on any atom is 0.303 e. The number of piperidine rings is 1. The van der Waals surface area contributed by atoms with Crippen LogP contribution in [-0.2, 0) is 4.79 Å². The summed E-state index contributed by atoms with van der Waals surface area (Å²) in [6, 6.07) is 2.53. The van der Waals surface area contributed by atoms with Crippen LogP contribution in [0, 0.1) is 0 Å². The molecule has 158 valence electrons. The summed E-state index contributed by atoms with van der Waals surface area (Å²) in [6.45, 7) is 2.13. The molecule has 1 amide bonds. The van der Waals surface area contributed by atoms with Gasteiger partial charge in [0.1, 0.15) is 5.82 Å². The largest absolute Gasteiger partial charge is 0.365 e. The van der Waals surface area contributed by atoms with E-state index in [1.54, 1.807) is 6.07 Å². The number of rotatable bonds is 5. The number of carbonyl (C=O) groups is 1. The van der Waals surface area contributed by atoms with Crippen LogP contribution in [0.1, 0.15) is 44.1 Å². The van der Waals surface area contributed by atoms with Crippen molar-refractivity contribution in [3.8, 4) is 0 Å². The lowest BCUT2D eigenvalue weighted by molar-refractivity contribution is -0.126. The number of aromatic nitrogens is 1. The Morgan fingerprint density at radius 2 is 2.00 bits per heavy atom. The van der Waals surface area contributed by atoms with E-state index < -0.39 is 11.7 Å². The molecule has 28 heavy (non-hydrogen) atoms. The predicted octanol–water partition coefficient (Wildman–Crippen LogP) is 4.21. The minimum Gasteiger partial charge on any atom is -0.365 e. The Morgan fingerprint density at radius 3 is 2.64 bits per heavy atom. The van der Waals surface area contributed by atoms with E-state index in [1.807, 2.05) is 0 Å². The highest BCUT2D eigenvalue weighted by Gasteiger charge is 2.28. The summed E-state index contributed by atoms with van der Waals surface area (Å²) in [5, 5.41) is 12.2. The number of anilines is 1. The van der Waals surface area contributed by atoms with Crippen molar-refractivity contribution in [2.24, 2.45) is 0 Å². The number of hydroxylamine groups is 1. The van der Waals surface area contributed by atoms with Crippen molar-refractivity contribution in [3.05, 3.63) is 28.7 Å². The topological polar surface area (TPSA) is 77.5 Å². The van der Waals surface area contributed by atoms with E-state index in [1.165, 1.54) is 37.4 Å². The first-order chi connectivity index (χ1) is 12.6. The van der Waals surface area contributed by atoms with Crippen molar-refractivity contribution in [3.63, 3.8) is 0 Å². The van der Waals surface area contributed by atoms with Crippen LogP contribution in [0.3, 0.4) is 0 Å². The highest BCUT2D eigenvalue weighted by Crippen LogP contribution is 2.28. The van der Waals surface area contributed by atoms with Crippen molar-refractivity contribution in [2.75, 3.05) is 18.4 Å². The third-order valence-electron chi connectivity index (χ3n) is 5.11. The van der Waals surface area contributed by atoms with Crippen LogP contribution in [-0.4, -0.2) is 46.2 Å². The van der Waals surface area contributed by atoms with Gasteiger partial charge in [-0.15, -0.1) is 24.8 Å². The molecule has 2 fully saturated rings. The van der Waals surface area contributed by atoms with Crippen LogP contribution in [0.2, 0.25) is 5.02 Å². The average molecular weight is 456 g/mol. The molecule has 2 heterocycles. The highest BCUT2D eigenvalue weighted by molar-refractivity contribution is 6.33. The van der Waals surface area contributed by atoms with Gasteiger partial charge in [-0.1, -0.05) is 24.4 Å². The van der Waals surface area contributed by atoms with Gasteiger partial charge in [0.05, 0.1) is 5.02 Å². The normalized spacial score (nSPS) is 20.8. The number of hydrogen-bond acceptors (Lipinski definition) is 5. The molecular formula is C18H26Cl3FN4O2. The standard InChI is InChI=1S/C18H24ClFN4O2.2ClH/c19-15-8-12(9-16(20)18(25)23-26)10-21-17(15)22-13-4-3-7-24(11-13)14-5-1-2-6-14;;/h8-10,13-14,26H,1-7,11H2,(H,21,22)(H,23,25);2*1H/b16-9+;;/t13-;;/m1../s1. The number of nitrogens with zero attached hydrogens (tertiary/aromatic N) is 2. The van der Waals surface area contributed by atoms with Gasteiger partial charge in [0.15, 0.2) is 5.83 Å². The number of carbonyl (C=O) groups excluding carboxylic acids is 1. The Labute approximate surface area is 181 Å². The molecule has 0 spiro atoms. The second-order valence-electron chi connectivity index (χ2n) is 6.95. The molecule has 6 nitrogen and oxygen atoms in total. The van der Waals surface area contributed by atoms with Gasteiger partial charge < -0.3 is 5.32 Å². The molecule has 3 N–H and O–H groups in total. The van der Waals surface area contributed by atoms with Gasteiger partial charge in [0.25, 0.3) is 0 Å². The Hall–Kier alpha value is -1.12. The van der Waals surface area contributed by atoms with Crippen LogP contribution in [0.25, 0.3) is 6.08 Å². The van der Waals surface area contributed by atoms with Crippen LogP contribution in [0.5, 0.6) is 0 Å². The molecule has 0 aromatic carbocycles. The fourth-order valence-electron chi connectivity index (χ4n) is 3.82. The fraction of sp³-hybridized carbons (Fsp3) is 0.556. The van der Waals surface area contributed by atoms with E-state index in [2.05, 4.69) is 15.2 Å². The monoisotopic (exact) mass is 454 g/mol. The SMILES string of the molecule is Cl.Cl.O=C(NO)/C(F)=C\c1cnc(N[C@@H]2CCCN(C3CCCC3)C2)c(Cl)c1. The van der Waals surface area contributed by atoms with Gasteiger partial charge in [-0.25, -0.2) is 14.9 Å². The summed E-state index contributed by atoms with van der Waals surface area (Å²) < 4.78 is 13.5. The van der Waals surface area contributed by atoms with Crippen LogP contribution in [0.15, 0.2) is 18.1 Å². The molecule has 0 bridgehead atoms. The maximum absolute atomic E-state index is 13.5. The van der Waals surface area contributed by atoms with E-state index in [4.69, 9.17) is 16.8 Å². The van der Waals surface area contributed by atoms with Gasteiger partial charge in [0.2, 0.25) is 0 Å². The molecule has 1 aromatic rings. The Balaban J connectivity index is 0.00000196. The summed E-state index contributed by atoms with van der Waals surface area (Å²) in [4.78, 5) is 17.8. The zero-order valence-electron chi connectivity index (χ0n) is 15.4. The molecule has 1 atom stereocenters. The van der Waals surface area contributed by atoms with E-state index in [0.717, 1.165) is 32.0 Å². The fourth-order valence-corrected chi connectivity index (χ4v) is 4.05. The second kappa shape index (κ2) is 11.8. The van der Waals surface area contributed by atoms with Gasteiger partial charge in [-0.3, -0.25) is 14.9 Å². The Bertz CT molecular complexity index is 687. The van der Waals surface area contributed by atoms with Gasteiger partial charge in [0, 0.05) is 24.8 Å². The van der Waals surface area contributed by atoms with Crippen molar-refractivity contribution in [1.29, 1.82) is 0 Å². The molecule has 1 saturated carbocycles. The lowest BCUT2D eigenvalue weighted by Gasteiger charge is -2.37. The lowest BCUT2D eigenvalue weighted by atomic mass is 10.0. The maximum atomic E-state index is 13.5. The van der Waals surface area contributed by atoms with Crippen molar-refractivity contribution >= 4 is 54.2 Å². The number of nitrogens with one attached hydrogen (secondary N) is 2. The first-order valence-corrected chi connectivity index (χ1v) is 9.42. The molecule has 10 heteroatoms. The summed E-state index contributed by atoms with van der Waals surface area (Å²) in [5.41, 5.74) is 1.58. The van der Waals surface area contributed by atoms with E-state index in [-0.39, 0.29) is 30.9 Å². The van der Waals surface area contributed by atoms with Crippen molar-refractivity contribution < 1.29 is 14.4 Å². The lowest BCUT2D eigenvalue weighted by Crippen LogP contribution is -2.46. The predicted molar refractivity (Wildman–Crippen MR) is 113 cm³/mol. The van der Waals surface area contributed by atoms with Crippen LogP contribution < -0.4 is 10.8 Å². The van der Waals surface area contributed by atoms with E-state index in [9.17, 15) is 9.18 Å². The second-order valence-corrected chi connectivity index (χ2v) is 7.36. The average Bonchev–Trinajstić information content (AvgIpc) is 3.18. The smallest absolute Gasteiger partial charge is 0.303 e. The van der Waals surface area contributed by atoms with Crippen LogP contribution >= 0.6 is 36.4 Å². The summed E-state index contributed by atoms with van der Waals surface area (Å²) in [6.07, 6.45) is 9.85. The molecule has 3 rings (SSSR count). The zero-order chi connectivity index (χ0) is 18.5. The number of halogens is 4. The van der Waals surface area contributed by atoms with E-state index >= 15 is 0 Å². The summed E-state index contributed by atoms with van der Waals surface area (Å²) in [7, 11) is 0.